The zero-order chi connectivity index (χ0) is 18.4. The first kappa shape index (κ1) is 18.1. The second-order valence-electron chi connectivity index (χ2n) is 5.89. The van der Waals surface area contributed by atoms with E-state index in [2.05, 4.69) is 15.6 Å². The van der Waals surface area contributed by atoms with E-state index in [4.69, 9.17) is 9.47 Å². The molecule has 0 atom stereocenters. The molecule has 0 spiro atoms. The van der Waals surface area contributed by atoms with Crippen LogP contribution < -0.4 is 15.4 Å². The molecule has 3 rings (SSSR count). The van der Waals surface area contributed by atoms with E-state index in [1.54, 1.807) is 19.2 Å². The molecule has 138 valence electrons. The maximum atomic E-state index is 13.8. The number of halogens is 2. The van der Waals surface area contributed by atoms with Crippen LogP contribution in [0.3, 0.4) is 0 Å². The first-order chi connectivity index (χ1) is 12.7. The van der Waals surface area contributed by atoms with Crippen LogP contribution in [0.2, 0.25) is 0 Å². The molecule has 7 heteroatoms. The van der Waals surface area contributed by atoms with Crippen molar-refractivity contribution in [3.63, 3.8) is 0 Å². The monoisotopic (exact) mass is 361 g/mol. The highest BCUT2D eigenvalue weighted by Crippen LogP contribution is 2.29. The summed E-state index contributed by atoms with van der Waals surface area (Å²) in [6, 6.07) is 9.27. The summed E-state index contributed by atoms with van der Waals surface area (Å²) in [6.45, 7) is 1.51. The minimum atomic E-state index is -0.325. The lowest BCUT2D eigenvalue weighted by molar-refractivity contribution is -0.0172. The number of ether oxygens (including phenoxy) is 2. The smallest absolute Gasteiger partial charge is 0.191 e. The summed E-state index contributed by atoms with van der Waals surface area (Å²) in [6.07, 6.45) is 0.733. The highest BCUT2D eigenvalue weighted by molar-refractivity contribution is 5.79. The predicted octanol–water partition coefficient (Wildman–Crippen LogP) is 2.74. The molecule has 26 heavy (non-hydrogen) atoms. The Balaban J connectivity index is 1.54. The molecular weight excluding hydrogens is 340 g/mol. The summed E-state index contributed by atoms with van der Waals surface area (Å²) >= 11 is 0. The number of nitrogens with zero attached hydrogens (tertiary/aromatic N) is 1. The van der Waals surface area contributed by atoms with Crippen LogP contribution in [0.5, 0.6) is 5.75 Å². The van der Waals surface area contributed by atoms with Crippen LogP contribution in [0.15, 0.2) is 41.4 Å². The van der Waals surface area contributed by atoms with Crippen molar-refractivity contribution in [2.75, 3.05) is 20.4 Å². The Bertz CT molecular complexity index is 779. The Labute approximate surface area is 151 Å². The van der Waals surface area contributed by atoms with Crippen LogP contribution in [0.25, 0.3) is 0 Å². The third-order valence-electron chi connectivity index (χ3n) is 4.04. The molecule has 0 unspecified atom stereocenters. The van der Waals surface area contributed by atoms with Crippen molar-refractivity contribution in [2.45, 2.75) is 19.6 Å². The van der Waals surface area contributed by atoms with Crippen molar-refractivity contribution < 1.29 is 18.3 Å². The molecule has 2 aromatic rings. The van der Waals surface area contributed by atoms with Gasteiger partial charge in [0.05, 0.1) is 6.61 Å². The fourth-order valence-electron chi connectivity index (χ4n) is 2.76. The average Bonchev–Trinajstić information content (AvgIpc) is 2.65. The van der Waals surface area contributed by atoms with Crippen LogP contribution in [-0.4, -0.2) is 26.3 Å². The molecule has 2 aromatic carbocycles. The molecule has 0 saturated heterocycles. The first-order valence-electron chi connectivity index (χ1n) is 8.36. The van der Waals surface area contributed by atoms with Gasteiger partial charge >= 0.3 is 0 Å². The fraction of sp³-hybridized carbons (Fsp3) is 0.316. The Kier molecular flexibility index (Phi) is 6.01. The van der Waals surface area contributed by atoms with Gasteiger partial charge < -0.3 is 20.1 Å². The average molecular weight is 361 g/mol. The number of guanidine groups is 1. The van der Waals surface area contributed by atoms with E-state index in [0.717, 1.165) is 12.0 Å². The highest BCUT2D eigenvalue weighted by Gasteiger charge is 2.17. The summed E-state index contributed by atoms with van der Waals surface area (Å²) in [5.41, 5.74) is 2.44. The Morgan fingerprint density at radius 2 is 1.92 bits per heavy atom. The van der Waals surface area contributed by atoms with Crippen LogP contribution in [-0.2, 0) is 24.3 Å². The van der Waals surface area contributed by atoms with Gasteiger partial charge in [-0.3, -0.25) is 4.99 Å². The molecule has 1 aliphatic rings. The number of rotatable bonds is 5. The van der Waals surface area contributed by atoms with Crippen molar-refractivity contribution >= 4 is 5.96 Å². The van der Waals surface area contributed by atoms with Crippen molar-refractivity contribution in [3.05, 3.63) is 64.7 Å². The fourth-order valence-corrected chi connectivity index (χ4v) is 2.76. The lowest BCUT2D eigenvalue weighted by atomic mass is 10.1. The highest BCUT2D eigenvalue weighted by atomic mass is 19.1. The van der Waals surface area contributed by atoms with Crippen LogP contribution >= 0.6 is 0 Å². The van der Waals surface area contributed by atoms with E-state index in [9.17, 15) is 8.78 Å². The lowest BCUT2D eigenvalue weighted by Crippen LogP contribution is -2.38. The first-order valence-corrected chi connectivity index (χ1v) is 8.36. The normalized spacial score (nSPS) is 13.7. The van der Waals surface area contributed by atoms with Crippen molar-refractivity contribution in [2.24, 2.45) is 4.99 Å². The van der Waals surface area contributed by atoms with E-state index in [1.165, 1.54) is 24.3 Å². The molecule has 0 aromatic heterocycles. The molecule has 1 aliphatic heterocycles. The summed E-state index contributed by atoms with van der Waals surface area (Å²) in [5.74, 6) is 0.684. The second kappa shape index (κ2) is 8.62. The third-order valence-corrected chi connectivity index (χ3v) is 4.04. The van der Waals surface area contributed by atoms with Crippen LogP contribution in [0, 0.1) is 11.6 Å². The van der Waals surface area contributed by atoms with Crippen molar-refractivity contribution in [1.29, 1.82) is 0 Å². The van der Waals surface area contributed by atoms with E-state index in [-0.39, 0.29) is 18.4 Å². The van der Waals surface area contributed by atoms with E-state index < -0.39 is 0 Å². The molecule has 5 nitrogen and oxygen atoms in total. The van der Waals surface area contributed by atoms with Gasteiger partial charge in [-0.15, -0.1) is 0 Å². The van der Waals surface area contributed by atoms with Gasteiger partial charge in [0.25, 0.3) is 0 Å². The van der Waals surface area contributed by atoms with E-state index in [1.807, 2.05) is 0 Å². The molecule has 0 aliphatic carbocycles. The SMILES string of the molecule is CN=C(NCCc1ccc(F)cc1)NCc1cc(F)cc2c1OCOC2. The largest absolute Gasteiger partial charge is 0.467 e. The Morgan fingerprint density at radius 3 is 2.69 bits per heavy atom. The number of aliphatic imine (C=N–C) groups is 1. The number of hydrogen-bond acceptors (Lipinski definition) is 3. The maximum Gasteiger partial charge on any atom is 0.191 e. The Morgan fingerprint density at radius 1 is 1.12 bits per heavy atom. The zero-order valence-electron chi connectivity index (χ0n) is 14.5. The number of hydrogen-bond donors (Lipinski definition) is 2. The molecule has 2 N–H and O–H groups in total. The number of fused-ring (bicyclic) bond motifs is 1. The molecule has 0 fully saturated rings. The Hall–Kier alpha value is -2.67. The standard InChI is InChI=1S/C19H21F2N3O2/c1-22-19(23-7-6-13-2-4-16(20)5-3-13)24-10-14-8-17(21)9-15-11-25-12-26-18(14)15/h2-5,8-9H,6-7,10-12H2,1H3,(H2,22,23,24). The third kappa shape index (κ3) is 4.70. The van der Waals surface area contributed by atoms with Crippen molar-refractivity contribution in [3.8, 4) is 5.75 Å². The van der Waals surface area contributed by atoms with Crippen molar-refractivity contribution in [1.82, 2.24) is 10.6 Å². The minimum Gasteiger partial charge on any atom is -0.467 e. The maximum absolute atomic E-state index is 13.8. The van der Waals surface area contributed by atoms with Gasteiger partial charge in [-0.2, -0.15) is 0 Å². The second-order valence-corrected chi connectivity index (χ2v) is 5.89. The quantitative estimate of drug-likeness (QED) is 0.635. The van der Waals surface area contributed by atoms with Gasteiger partial charge in [0, 0.05) is 31.3 Å². The van der Waals surface area contributed by atoms with Crippen LogP contribution in [0.4, 0.5) is 8.78 Å². The van der Waals surface area contributed by atoms with Gasteiger partial charge in [-0.05, 0) is 36.2 Å². The molecule has 0 radical (unpaired) electrons. The molecule has 0 saturated carbocycles. The van der Waals surface area contributed by atoms with Gasteiger partial charge in [0.1, 0.15) is 17.4 Å². The summed E-state index contributed by atoms with van der Waals surface area (Å²) < 4.78 is 37.4. The molecule has 1 heterocycles. The number of benzene rings is 2. The van der Waals surface area contributed by atoms with Gasteiger partial charge in [0.2, 0.25) is 0 Å². The van der Waals surface area contributed by atoms with Gasteiger partial charge in [0.15, 0.2) is 12.8 Å². The zero-order valence-corrected chi connectivity index (χ0v) is 14.5. The molecule has 0 amide bonds. The van der Waals surface area contributed by atoms with Gasteiger partial charge in [-0.25, -0.2) is 8.78 Å². The van der Waals surface area contributed by atoms with Gasteiger partial charge in [-0.1, -0.05) is 12.1 Å². The van der Waals surface area contributed by atoms with E-state index in [0.29, 0.717) is 42.5 Å². The molecule has 0 bridgehead atoms. The molecular formula is C19H21F2N3O2. The minimum absolute atomic E-state index is 0.163. The van der Waals surface area contributed by atoms with Crippen LogP contribution in [0.1, 0.15) is 16.7 Å². The lowest BCUT2D eigenvalue weighted by Gasteiger charge is -2.21. The topological polar surface area (TPSA) is 54.9 Å². The summed E-state index contributed by atoms with van der Waals surface area (Å²) in [4.78, 5) is 4.16. The summed E-state index contributed by atoms with van der Waals surface area (Å²) in [7, 11) is 1.67. The number of nitrogens with one attached hydrogen (secondary N) is 2. The van der Waals surface area contributed by atoms with E-state index >= 15 is 0 Å². The summed E-state index contributed by atoms with van der Waals surface area (Å²) in [5, 5.41) is 6.33. The predicted molar refractivity (Wildman–Crippen MR) is 95.0 cm³/mol.